The van der Waals surface area contributed by atoms with Crippen LogP contribution >= 0.6 is 0 Å². The molecule has 2 aliphatic rings. The number of carbonyl (C=O) groups is 2. The molecule has 5 heteroatoms. The van der Waals surface area contributed by atoms with E-state index in [4.69, 9.17) is 0 Å². The average Bonchev–Trinajstić information content (AvgIpc) is 3.57. The van der Waals surface area contributed by atoms with E-state index in [2.05, 4.69) is 10.6 Å². The zero-order chi connectivity index (χ0) is 19.3. The summed E-state index contributed by atoms with van der Waals surface area (Å²) in [5.74, 6) is 0.0829. The number of benzene rings is 2. The van der Waals surface area contributed by atoms with E-state index in [-0.39, 0.29) is 11.8 Å². The molecule has 0 radical (unpaired) electrons. The molecular weight excluding hydrogens is 350 g/mol. The molecule has 1 aliphatic heterocycles. The molecule has 0 unspecified atom stereocenters. The highest BCUT2D eigenvalue weighted by Crippen LogP contribution is 2.24. The number of piperidine rings is 1. The summed E-state index contributed by atoms with van der Waals surface area (Å²) < 4.78 is 0. The fraction of sp³-hybridized carbons (Fsp3) is 0.391. The van der Waals surface area contributed by atoms with E-state index in [1.807, 2.05) is 59.5 Å². The van der Waals surface area contributed by atoms with Crippen LogP contribution in [-0.2, 0) is 4.79 Å². The fourth-order valence-electron chi connectivity index (χ4n) is 3.61. The molecule has 1 heterocycles. The predicted octanol–water partition coefficient (Wildman–Crippen LogP) is 3.74. The largest absolute Gasteiger partial charge is 0.370 e. The summed E-state index contributed by atoms with van der Waals surface area (Å²) in [5.41, 5.74) is 2.44. The first-order valence-corrected chi connectivity index (χ1v) is 10.2. The van der Waals surface area contributed by atoms with Gasteiger partial charge in [0.1, 0.15) is 6.04 Å². The van der Waals surface area contributed by atoms with Crippen molar-refractivity contribution in [3.63, 3.8) is 0 Å². The van der Waals surface area contributed by atoms with Gasteiger partial charge < -0.3 is 15.5 Å². The molecule has 2 amide bonds. The lowest BCUT2D eigenvalue weighted by Crippen LogP contribution is -2.41. The minimum absolute atomic E-state index is 0.0296. The van der Waals surface area contributed by atoms with Gasteiger partial charge in [0.25, 0.3) is 5.91 Å². The molecule has 5 nitrogen and oxygen atoms in total. The maximum atomic E-state index is 13.2. The van der Waals surface area contributed by atoms with E-state index in [1.54, 1.807) is 0 Å². The Labute approximate surface area is 166 Å². The molecule has 146 valence electrons. The van der Waals surface area contributed by atoms with Crippen molar-refractivity contribution in [2.45, 2.75) is 44.2 Å². The number of amides is 2. The Morgan fingerprint density at radius 1 is 0.893 bits per heavy atom. The normalized spacial score (nSPS) is 17.6. The highest BCUT2D eigenvalue weighted by atomic mass is 16.2. The standard InChI is InChI=1S/C23H27N3O2/c27-22(25-20-13-14-20)18-9-11-19(12-10-18)24-21(17-7-3-1-4-8-17)23(28)26-15-5-2-6-16-26/h1,3-4,7-12,20-21,24H,2,5-6,13-16H2,(H,25,27)/t21-/m1/s1. The first-order chi connectivity index (χ1) is 13.7. The van der Waals surface area contributed by atoms with Gasteiger partial charge in [-0.05, 0) is 61.9 Å². The zero-order valence-electron chi connectivity index (χ0n) is 16.1. The maximum absolute atomic E-state index is 13.2. The Bertz CT molecular complexity index is 810. The van der Waals surface area contributed by atoms with Gasteiger partial charge in [0.05, 0.1) is 0 Å². The number of hydrogen-bond donors (Lipinski definition) is 2. The molecule has 1 saturated heterocycles. The number of anilines is 1. The second-order valence-electron chi connectivity index (χ2n) is 7.70. The Hall–Kier alpha value is -2.82. The van der Waals surface area contributed by atoms with Gasteiger partial charge in [0.2, 0.25) is 5.91 Å². The number of rotatable bonds is 6. The molecule has 0 bridgehead atoms. The molecule has 2 aromatic rings. The quantitative estimate of drug-likeness (QED) is 0.806. The van der Waals surface area contributed by atoms with E-state index in [9.17, 15) is 9.59 Å². The molecule has 1 aliphatic carbocycles. The molecule has 2 fully saturated rings. The van der Waals surface area contributed by atoms with Crippen LogP contribution in [-0.4, -0.2) is 35.8 Å². The summed E-state index contributed by atoms with van der Waals surface area (Å²) >= 11 is 0. The molecule has 2 N–H and O–H groups in total. The van der Waals surface area contributed by atoms with Crippen molar-refractivity contribution >= 4 is 17.5 Å². The van der Waals surface area contributed by atoms with Crippen LogP contribution in [0.4, 0.5) is 5.69 Å². The van der Waals surface area contributed by atoms with Crippen molar-refractivity contribution in [2.75, 3.05) is 18.4 Å². The second-order valence-corrected chi connectivity index (χ2v) is 7.70. The number of hydrogen-bond acceptors (Lipinski definition) is 3. The number of nitrogens with zero attached hydrogens (tertiary/aromatic N) is 1. The molecular formula is C23H27N3O2. The minimum Gasteiger partial charge on any atom is -0.370 e. The Morgan fingerprint density at radius 3 is 2.21 bits per heavy atom. The second kappa shape index (κ2) is 8.46. The van der Waals surface area contributed by atoms with Crippen molar-refractivity contribution in [3.8, 4) is 0 Å². The minimum atomic E-state index is -0.426. The first kappa shape index (κ1) is 18.5. The summed E-state index contributed by atoms with van der Waals surface area (Å²) in [5, 5.41) is 6.39. The first-order valence-electron chi connectivity index (χ1n) is 10.2. The maximum Gasteiger partial charge on any atom is 0.251 e. The smallest absolute Gasteiger partial charge is 0.251 e. The van der Waals surface area contributed by atoms with Crippen LogP contribution in [0.5, 0.6) is 0 Å². The lowest BCUT2D eigenvalue weighted by Gasteiger charge is -2.31. The molecule has 4 rings (SSSR count). The van der Waals surface area contributed by atoms with E-state index in [0.29, 0.717) is 11.6 Å². The third kappa shape index (κ3) is 4.53. The summed E-state index contributed by atoms with van der Waals surface area (Å²) in [6, 6.07) is 17.1. The average molecular weight is 377 g/mol. The third-order valence-electron chi connectivity index (χ3n) is 5.42. The zero-order valence-corrected chi connectivity index (χ0v) is 16.1. The number of likely N-dealkylation sites (tertiary alicyclic amines) is 1. The van der Waals surface area contributed by atoms with Crippen LogP contribution in [0.15, 0.2) is 54.6 Å². The lowest BCUT2D eigenvalue weighted by molar-refractivity contribution is -0.133. The third-order valence-corrected chi connectivity index (χ3v) is 5.42. The van der Waals surface area contributed by atoms with Crippen molar-refractivity contribution < 1.29 is 9.59 Å². The number of nitrogens with one attached hydrogen (secondary N) is 2. The van der Waals surface area contributed by atoms with Crippen LogP contribution in [0.1, 0.15) is 54.1 Å². The van der Waals surface area contributed by atoms with Gasteiger partial charge in [0.15, 0.2) is 0 Å². The van der Waals surface area contributed by atoms with Crippen LogP contribution in [0, 0.1) is 0 Å². The Morgan fingerprint density at radius 2 is 1.57 bits per heavy atom. The molecule has 0 aromatic heterocycles. The van der Waals surface area contributed by atoms with Gasteiger partial charge in [-0.2, -0.15) is 0 Å². The molecule has 1 saturated carbocycles. The van der Waals surface area contributed by atoms with Gasteiger partial charge >= 0.3 is 0 Å². The lowest BCUT2D eigenvalue weighted by atomic mass is 10.0. The van der Waals surface area contributed by atoms with Crippen LogP contribution in [0.3, 0.4) is 0 Å². The fourth-order valence-corrected chi connectivity index (χ4v) is 3.61. The highest BCUT2D eigenvalue weighted by Gasteiger charge is 2.27. The van der Waals surface area contributed by atoms with E-state index >= 15 is 0 Å². The van der Waals surface area contributed by atoms with E-state index in [1.165, 1.54) is 6.42 Å². The van der Waals surface area contributed by atoms with Gasteiger partial charge in [0, 0.05) is 30.4 Å². The van der Waals surface area contributed by atoms with Crippen LogP contribution in [0.2, 0.25) is 0 Å². The summed E-state index contributed by atoms with van der Waals surface area (Å²) in [4.78, 5) is 27.3. The number of carbonyl (C=O) groups excluding carboxylic acids is 2. The monoisotopic (exact) mass is 377 g/mol. The van der Waals surface area contributed by atoms with Crippen molar-refractivity contribution in [2.24, 2.45) is 0 Å². The SMILES string of the molecule is O=C(NC1CC1)c1ccc(N[C@@H](C(=O)N2CCCCC2)c2ccccc2)cc1. The van der Waals surface area contributed by atoms with Gasteiger partial charge in [-0.25, -0.2) is 0 Å². The Kier molecular flexibility index (Phi) is 5.60. The highest BCUT2D eigenvalue weighted by molar-refractivity contribution is 5.95. The van der Waals surface area contributed by atoms with Crippen LogP contribution in [0.25, 0.3) is 0 Å². The van der Waals surface area contributed by atoms with Crippen molar-refractivity contribution in [1.82, 2.24) is 10.2 Å². The summed E-state index contributed by atoms with van der Waals surface area (Å²) in [7, 11) is 0. The summed E-state index contributed by atoms with van der Waals surface area (Å²) in [6.45, 7) is 1.65. The van der Waals surface area contributed by atoms with Crippen LogP contribution < -0.4 is 10.6 Å². The Balaban J connectivity index is 1.50. The van der Waals surface area contributed by atoms with Gasteiger partial charge in [-0.15, -0.1) is 0 Å². The van der Waals surface area contributed by atoms with E-state index in [0.717, 1.165) is 50.0 Å². The van der Waals surface area contributed by atoms with Crippen molar-refractivity contribution in [3.05, 3.63) is 65.7 Å². The summed E-state index contributed by atoms with van der Waals surface area (Å²) in [6.07, 6.45) is 5.47. The predicted molar refractivity (Wildman–Crippen MR) is 110 cm³/mol. The topological polar surface area (TPSA) is 61.4 Å². The molecule has 2 aromatic carbocycles. The molecule has 0 spiro atoms. The van der Waals surface area contributed by atoms with Gasteiger partial charge in [-0.1, -0.05) is 30.3 Å². The van der Waals surface area contributed by atoms with Crippen molar-refractivity contribution in [1.29, 1.82) is 0 Å². The molecule has 1 atom stereocenters. The van der Waals surface area contributed by atoms with E-state index < -0.39 is 6.04 Å². The molecule has 28 heavy (non-hydrogen) atoms. The van der Waals surface area contributed by atoms with Gasteiger partial charge in [-0.3, -0.25) is 9.59 Å².